The molecule has 5 rings (SSSR count). The first kappa shape index (κ1) is 19.7. The second-order valence-corrected chi connectivity index (χ2v) is 7.87. The second-order valence-electron chi connectivity index (χ2n) is 7.87. The Bertz CT molecular complexity index is 1190. The number of aromatic nitrogens is 7. The topological polar surface area (TPSA) is 92.4 Å². The first-order valence-electron chi connectivity index (χ1n) is 10.5. The van der Waals surface area contributed by atoms with Crippen molar-refractivity contribution in [1.82, 2.24) is 34.0 Å². The highest BCUT2D eigenvalue weighted by molar-refractivity contribution is 5.28. The van der Waals surface area contributed by atoms with Gasteiger partial charge in [0.1, 0.15) is 0 Å². The maximum absolute atomic E-state index is 6.36. The summed E-state index contributed by atoms with van der Waals surface area (Å²) in [6, 6.07) is 16.9. The van der Waals surface area contributed by atoms with Crippen LogP contribution in [0.2, 0.25) is 0 Å². The molecule has 0 aliphatic rings. The third-order valence-corrected chi connectivity index (χ3v) is 5.39. The monoisotopic (exact) mass is 424 g/mol. The molecular formula is C24H24N8. The van der Waals surface area contributed by atoms with Gasteiger partial charge in [0.2, 0.25) is 0 Å². The van der Waals surface area contributed by atoms with Crippen LogP contribution in [0.15, 0.2) is 86.0 Å². The number of imidazole rings is 2. The number of nitrogens with zero attached hydrogens (tertiary/aromatic N) is 7. The van der Waals surface area contributed by atoms with Crippen LogP contribution in [0, 0.1) is 0 Å². The Morgan fingerprint density at radius 2 is 1.12 bits per heavy atom. The molecule has 3 heterocycles. The van der Waals surface area contributed by atoms with Crippen LogP contribution < -0.4 is 5.84 Å². The molecule has 2 N–H and O–H groups in total. The van der Waals surface area contributed by atoms with E-state index in [1.807, 2.05) is 34.2 Å². The van der Waals surface area contributed by atoms with E-state index in [0.717, 1.165) is 35.9 Å². The normalized spacial score (nSPS) is 11.1. The number of hydrogen-bond donors (Lipinski definition) is 1. The summed E-state index contributed by atoms with van der Waals surface area (Å²) in [5.74, 6) is 7.85. The fourth-order valence-corrected chi connectivity index (χ4v) is 3.83. The summed E-state index contributed by atoms with van der Waals surface area (Å²) in [6.07, 6.45) is 12.4. The van der Waals surface area contributed by atoms with Gasteiger partial charge in [-0.05, 0) is 22.3 Å². The van der Waals surface area contributed by atoms with Gasteiger partial charge in [0.25, 0.3) is 0 Å². The first-order chi connectivity index (χ1) is 15.7. The average Bonchev–Trinajstić information content (AvgIpc) is 3.55. The summed E-state index contributed by atoms with van der Waals surface area (Å²) in [6.45, 7) is 1.56. The van der Waals surface area contributed by atoms with Gasteiger partial charge in [-0.15, -0.1) is 10.2 Å². The van der Waals surface area contributed by atoms with Crippen LogP contribution in [0.4, 0.5) is 0 Å². The van der Waals surface area contributed by atoms with Crippen LogP contribution in [-0.2, 0) is 25.9 Å². The Hall–Kier alpha value is -4.20. The fraction of sp³-hybridized carbons (Fsp3) is 0.167. The van der Waals surface area contributed by atoms with Crippen molar-refractivity contribution in [1.29, 1.82) is 0 Å². The van der Waals surface area contributed by atoms with Crippen LogP contribution in [0.5, 0.6) is 0 Å². The van der Waals surface area contributed by atoms with Crippen molar-refractivity contribution in [3.8, 4) is 0 Å². The highest BCUT2D eigenvalue weighted by Crippen LogP contribution is 2.14. The standard InChI is InChI=1S/C24H24N8/c25-32-23(13-19-3-1-5-21(11-19)15-30-9-7-26-17-30)28-29-24(32)14-20-4-2-6-22(12-20)16-31-10-8-27-18-31/h1-12,17-18H,13-16,25H2. The lowest BCUT2D eigenvalue weighted by Crippen LogP contribution is -2.17. The molecule has 0 saturated heterocycles. The number of nitrogens with two attached hydrogens (primary N) is 1. The van der Waals surface area contributed by atoms with Gasteiger partial charge in [0.05, 0.1) is 12.7 Å². The van der Waals surface area contributed by atoms with Crippen LogP contribution >= 0.6 is 0 Å². The highest BCUT2D eigenvalue weighted by Gasteiger charge is 2.12. The third-order valence-electron chi connectivity index (χ3n) is 5.39. The van der Waals surface area contributed by atoms with Crippen LogP contribution in [0.1, 0.15) is 33.9 Å². The molecule has 0 saturated carbocycles. The minimum absolute atomic E-state index is 0.627. The van der Waals surface area contributed by atoms with E-state index in [4.69, 9.17) is 5.84 Å². The van der Waals surface area contributed by atoms with Gasteiger partial charge in [-0.25, -0.2) is 14.6 Å². The summed E-state index contributed by atoms with van der Waals surface area (Å²) >= 11 is 0. The molecule has 8 heteroatoms. The summed E-state index contributed by atoms with van der Waals surface area (Å²) in [5.41, 5.74) is 4.71. The fourth-order valence-electron chi connectivity index (χ4n) is 3.83. The van der Waals surface area contributed by atoms with Crippen LogP contribution in [-0.4, -0.2) is 34.0 Å². The van der Waals surface area contributed by atoms with Crippen molar-refractivity contribution in [3.05, 3.63) is 120 Å². The largest absolute Gasteiger partial charge is 0.336 e. The quantitative estimate of drug-likeness (QED) is 0.387. The lowest BCUT2D eigenvalue weighted by Gasteiger charge is -2.08. The van der Waals surface area contributed by atoms with Crippen LogP contribution in [0.25, 0.3) is 0 Å². The van der Waals surface area contributed by atoms with Gasteiger partial charge in [-0.3, -0.25) is 0 Å². The zero-order valence-corrected chi connectivity index (χ0v) is 17.6. The minimum atomic E-state index is 0.627. The summed E-state index contributed by atoms with van der Waals surface area (Å²) in [5, 5.41) is 8.71. The molecule has 0 amide bonds. The predicted molar refractivity (Wildman–Crippen MR) is 121 cm³/mol. The molecule has 8 nitrogen and oxygen atoms in total. The maximum atomic E-state index is 6.36. The highest BCUT2D eigenvalue weighted by atomic mass is 15.4. The lowest BCUT2D eigenvalue weighted by molar-refractivity contribution is 0.791. The van der Waals surface area contributed by atoms with Crippen molar-refractivity contribution in [3.63, 3.8) is 0 Å². The summed E-state index contributed by atoms with van der Waals surface area (Å²) in [4.78, 5) is 8.20. The Balaban J connectivity index is 1.28. The molecule has 0 radical (unpaired) electrons. The smallest absolute Gasteiger partial charge is 0.156 e. The van der Waals surface area contributed by atoms with Crippen molar-refractivity contribution in [2.24, 2.45) is 0 Å². The number of nitrogen functional groups attached to an aromatic ring is 1. The van der Waals surface area contributed by atoms with E-state index in [-0.39, 0.29) is 0 Å². The first-order valence-corrected chi connectivity index (χ1v) is 10.5. The number of hydrogen-bond acceptors (Lipinski definition) is 5. The molecule has 0 unspecified atom stereocenters. The van der Waals surface area contributed by atoms with E-state index < -0.39 is 0 Å². The van der Waals surface area contributed by atoms with E-state index in [0.29, 0.717) is 12.8 Å². The van der Waals surface area contributed by atoms with Crippen molar-refractivity contribution in [2.75, 3.05) is 5.84 Å². The molecule has 32 heavy (non-hydrogen) atoms. The number of rotatable bonds is 8. The number of benzene rings is 2. The molecule has 0 atom stereocenters. The van der Waals surface area contributed by atoms with E-state index in [2.05, 4.69) is 68.7 Å². The van der Waals surface area contributed by atoms with Gasteiger partial charge in [0, 0.05) is 50.7 Å². The Morgan fingerprint density at radius 3 is 1.56 bits per heavy atom. The molecule has 0 fully saturated rings. The molecule has 0 aliphatic carbocycles. The van der Waals surface area contributed by atoms with E-state index >= 15 is 0 Å². The molecular weight excluding hydrogens is 400 g/mol. The molecule has 160 valence electrons. The minimum Gasteiger partial charge on any atom is -0.336 e. The van der Waals surface area contributed by atoms with Gasteiger partial charge < -0.3 is 15.0 Å². The zero-order chi connectivity index (χ0) is 21.8. The zero-order valence-electron chi connectivity index (χ0n) is 17.6. The molecule has 0 spiro atoms. The summed E-state index contributed by atoms with van der Waals surface area (Å²) < 4.78 is 5.71. The van der Waals surface area contributed by atoms with Gasteiger partial charge in [-0.1, -0.05) is 48.5 Å². The van der Waals surface area contributed by atoms with Crippen molar-refractivity contribution < 1.29 is 0 Å². The lowest BCUT2D eigenvalue weighted by atomic mass is 10.1. The van der Waals surface area contributed by atoms with Gasteiger partial charge in [-0.2, -0.15) is 0 Å². The Kier molecular flexibility index (Phi) is 5.48. The van der Waals surface area contributed by atoms with E-state index in [1.165, 1.54) is 11.1 Å². The molecule has 0 bridgehead atoms. The van der Waals surface area contributed by atoms with E-state index in [9.17, 15) is 0 Å². The SMILES string of the molecule is Nn1c(Cc2cccc(Cn3ccnc3)c2)nnc1Cc1cccc(Cn2ccnc2)c1. The predicted octanol–water partition coefficient (Wildman–Crippen LogP) is 2.66. The van der Waals surface area contributed by atoms with E-state index in [1.54, 1.807) is 17.1 Å². The maximum Gasteiger partial charge on any atom is 0.156 e. The third kappa shape index (κ3) is 4.59. The Labute approximate surface area is 186 Å². The molecule has 5 aromatic rings. The molecule has 0 aliphatic heterocycles. The molecule has 3 aromatic heterocycles. The molecule has 2 aromatic carbocycles. The van der Waals surface area contributed by atoms with Crippen LogP contribution in [0.3, 0.4) is 0 Å². The Morgan fingerprint density at radius 1 is 0.656 bits per heavy atom. The average molecular weight is 425 g/mol. The summed E-state index contributed by atoms with van der Waals surface area (Å²) in [7, 11) is 0. The van der Waals surface area contributed by atoms with Gasteiger partial charge in [0.15, 0.2) is 11.6 Å². The van der Waals surface area contributed by atoms with Crippen molar-refractivity contribution in [2.45, 2.75) is 25.9 Å². The van der Waals surface area contributed by atoms with Gasteiger partial charge >= 0.3 is 0 Å². The van der Waals surface area contributed by atoms with Crippen molar-refractivity contribution >= 4 is 0 Å². The second kappa shape index (κ2) is 8.89.